The number of halogens is 1. The third-order valence-electron chi connectivity index (χ3n) is 4.26. The maximum Gasteiger partial charge on any atom is 0.323 e. The van der Waals surface area contributed by atoms with Gasteiger partial charge in [0.1, 0.15) is 12.4 Å². The summed E-state index contributed by atoms with van der Waals surface area (Å²) in [5.74, 6) is 0.839. The molecule has 0 aliphatic rings. The van der Waals surface area contributed by atoms with Gasteiger partial charge in [-0.05, 0) is 42.0 Å². The lowest BCUT2D eigenvalue weighted by Crippen LogP contribution is -2.04. The minimum absolute atomic E-state index is 0.203. The van der Waals surface area contributed by atoms with Crippen molar-refractivity contribution in [1.82, 2.24) is 9.97 Å². The average Bonchev–Trinajstić information content (AvgIpc) is 3.05. The molecule has 1 aromatic heterocycles. The number of aromatic nitrogens is 2. The number of hydrogen-bond acceptors (Lipinski definition) is 3. The molecule has 0 saturated carbocycles. The molecule has 3 aromatic carbocycles. The van der Waals surface area contributed by atoms with Gasteiger partial charge in [-0.25, -0.2) is 4.79 Å². The van der Waals surface area contributed by atoms with Crippen LogP contribution < -0.4 is 15.7 Å². The van der Waals surface area contributed by atoms with E-state index in [2.05, 4.69) is 31.2 Å². The molecule has 4 aromatic rings. The average molecular weight is 424 g/mol. The summed E-state index contributed by atoms with van der Waals surface area (Å²) in [6.07, 6.45) is 0. The Kier molecular flexibility index (Phi) is 4.98. The first-order valence-electron chi connectivity index (χ1n) is 8.58. The zero-order valence-corrected chi connectivity index (χ0v) is 16.0. The molecule has 5 nitrogen and oxygen atoms in total. The predicted molar refractivity (Wildman–Crippen MR) is 111 cm³/mol. The van der Waals surface area contributed by atoms with Gasteiger partial charge in [-0.1, -0.05) is 46.3 Å². The van der Waals surface area contributed by atoms with Crippen molar-refractivity contribution < 1.29 is 4.74 Å². The lowest BCUT2D eigenvalue weighted by molar-refractivity contribution is 0.303. The maximum absolute atomic E-state index is 11.4. The highest BCUT2D eigenvalue weighted by atomic mass is 79.9. The summed E-state index contributed by atoms with van der Waals surface area (Å²) >= 11 is 3.53. The van der Waals surface area contributed by atoms with Crippen molar-refractivity contribution in [2.45, 2.75) is 13.2 Å². The topological polar surface area (TPSA) is 69.9 Å². The Morgan fingerprint density at radius 1 is 0.926 bits per heavy atom. The number of H-pyrrole nitrogens is 2. The van der Waals surface area contributed by atoms with E-state index in [1.807, 2.05) is 66.7 Å². The van der Waals surface area contributed by atoms with Crippen LogP contribution in [0.4, 0.5) is 5.69 Å². The molecule has 0 amide bonds. The predicted octanol–water partition coefficient (Wildman–Crippen LogP) is 4.81. The lowest BCUT2D eigenvalue weighted by Gasteiger charge is -2.14. The van der Waals surface area contributed by atoms with E-state index >= 15 is 0 Å². The zero-order chi connectivity index (χ0) is 18.6. The van der Waals surface area contributed by atoms with Gasteiger partial charge in [0.2, 0.25) is 0 Å². The number of imidazole rings is 1. The SMILES string of the molecule is O=c1[nH]c2ccc(NCc3cc(Br)ccc3OCc3ccccc3)cc2[nH]1. The van der Waals surface area contributed by atoms with Crippen LogP contribution in [0.2, 0.25) is 0 Å². The smallest absolute Gasteiger partial charge is 0.323 e. The van der Waals surface area contributed by atoms with Crippen molar-refractivity contribution in [3.8, 4) is 5.75 Å². The van der Waals surface area contributed by atoms with Crippen LogP contribution in [0.1, 0.15) is 11.1 Å². The van der Waals surface area contributed by atoms with Gasteiger partial charge >= 0.3 is 5.69 Å². The van der Waals surface area contributed by atoms with Crippen molar-refractivity contribution in [3.05, 3.63) is 92.8 Å². The minimum Gasteiger partial charge on any atom is -0.489 e. The van der Waals surface area contributed by atoms with Crippen LogP contribution in [0, 0.1) is 0 Å². The van der Waals surface area contributed by atoms with Gasteiger partial charge < -0.3 is 20.0 Å². The van der Waals surface area contributed by atoms with Gasteiger partial charge in [0.05, 0.1) is 11.0 Å². The fourth-order valence-corrected chi connectivity index (χ4v) is 3.31. The van der Waals surface area contributed by atoms with Crippen molar-refractivity contribution in [1.29, 1.82) is 0 Å². The number of hydrogen-bond donors (Lipinski definition) is 3. The van der Waals surface area contributed by atoms with E-state index in [9.17, 15) is 4.79 Å². The number of anilines is 1. The summed E-state index contributed by atoms with van der Waals surface area (Å²) in [5.41, 5.74) is 4.46. The van der Waals surface area contributed by atoms with Crippen molar-refractivity contribution >= 4 is 32.7 Å². The third-order valence-corrected chi connectivity index (χ3v) is 4.75. The quantitative estimate of drug-likeness (QED) is 0.416. The summed E-state index contributed by atoms with van der Waals surface area (Å²) in [7, 11) is 0. The van der Waals surface area contributed by atoms with E-state index in [1.165, 1.54) is 0 Å². The van der Waals surface area contributed by atoms with Gasteiger partial charge in [0.15, 0.2) is 0 Å². The van der Waals surface area contributed by atoms with Crippen molar-refractivity contribution in [3.63, 3.8) is 0 Å². The van der Waals surface area contributed by atoms with Gasteiger partial charge in [-0.2, -0.15) is 0 Å². The normalized spacial score (nSPS) is 10.9. The highest BCUT2D eigenvalue weighted by Crippen LogP contribution is 2.25. The van der Waals surface area contributed by atoms with E-state index in [-0.39, 0.29) is 5.69 Å². The number of aromatic amines is 2. The molecule has 3 N–H and O–H groups in total. The summed E-state index contributed by atoms with van der Waals surface area (Å²) < 4.78 is 7.02. The van der Waals surface area contributed by atoms with Gasteiger partial charge in [-0.15, -0.1) is 0 Å². The molecule has 0 spiro atoms. The number of nitrogens with one attached hydrogen (secondary N) is 3. The first-order valence-corrected chi connectivity index (χ1v) is 9.38. The summed E-state index contributed by atoms with van der Waals surface area (Å²) in [4.78, 5) is 16.9. The number of benzene rings is 3. The van der Waals surface area contributed by atoms with E-state index in [4.69, 9.17) is 4.74 Å². The third kappa shape index (κ3) is 4.23. The Balaban J connectivity index is 1.49. The Bertz CT molecular complexity index is 1120. The molecule has 136 valence electrons. The van der Waals surface area contributed by atoms with E-state index in [1.54, 1.807) is 0 Å². The lowest BCUT2D eigenvalue weighted by atomic mass is 10.2. The molecule has 0 aliphatic heterocycles. The zero-order valence-electron chi connectivity index (χ0n) is 14.5. The first kappa shape index (κ1) is 17.4. The Morgan fingerprint density at radius 2 is 1.74 bits per heavy atom. The monoisotopic (exact) mass is 423 g/mol. The second kappa shape index (κ2) is 7.72. The van der Waals surface area contributed by atoms with Gasteiger partial charge in [0, 0.05) is 22.3 Å². The van der Waals surface area contributed by atoms with Crippen LogP contribution in [0.25, 0.3) is 11.0 Å². The van der Waals surface area contributed by atoms with Crippen molar-refractivity contribution in [2.75, 3.05) is 5.32 Å². The molecule has 0 unspecified atom stereocenters. The number of rotatable bonds is 6. The molecular weight excluding hydrogens is 406 g/mol. The van der Waals surface area contributed by atoms with Crippen LogP contribution in [0.15, 0.2) is 76.0 Å². The summed E-state index contributed by atoms with van der Waals surface area (Å²) in [6.45, 7) is 1.12. The molecule has 0 saturated heterocycles. The second-order valence-electron chi connectivity index (χ2n) is 6.22. The molecule has 0 fully saturated rings. The molecule has 0 bridgehead atoms. The summed E-state index contributed by atoms with van der Waals surface area (Å²) in [6, 6.07) is 21.8. The van der Waals surface area contributed by atoms with Crippen LogP contribution in [-0.2, 0) is 13.2 Å². The minimum atomic E-state index is -0.203. The first-order chi connectivity index (χ1) is 13.2. The molecule has 0 radical (unpaired) electrons. The fraction of sp³-hybridized carbons (Fsp3) is 0.0952. The highest BCUT2D eigenvalue weighted by molar-refractivity contribution is 9.10. The standard InChI is InChI=1S/C21H18BrN3O2/c22-16-6-9-20(27-13-14-4-2-1-3-5-14)15(10-16)12-23-17-7-8-18-19(11-17)25-21(26)24-18/h1-11,23H,12-13H2,(H2,24,25,26). The van der Waals surface area contributed by atoms with E-state index < -0.39 is 0 Å². The molecule has 0 atom stereocenters. The Hall–Kier alpha value is -2.99. The van der Waals surface area contributed by atoms with Crippen LogP contribution in [-0.4, -0.2) is 9.97 Å². The van der Waals surface area contributed by atoms with Gasteiger partial charge in [-0.3, -0.25) is 0 Å². The Morgan fingerprint density at radius 3 is 2.59 bits per heavy atom. The van der Waals surface area contributed by atoms with Gasteiger partial charge in [0.25, 0.3) is 0 Å². The van der Waals surface area contributed by atoms with Crippen molar-refractivity contribution in [2.24, 2.45) is 0 Å². The van der Waals surface area contributed by atoms with E-state index in [0.29, 0.717) is 13.2 Å². The fourth-order valence-electron chi connectivity index (χ4n) is 2.90. The molecule has 0 aliphatic carbocycles. The number of fused-ring (bicyclic) bond motifs is 1. The molecule has 6 heteroatoms. The Labute approximate surface area is 164 Å². The molecule has 1 heterocycles. The highest BCUT2D eigenvalue weighted by Gasteiger charge is 2.07. The van der Waals surface area contributed by atoms with Crippen LogP contribution in [0.3, 0.4) is 0 Å². The van der Waals surface area contributed by atoms with Crippen LogP contribution in [0.5, 0.6) is 5.75 Å². The molecule has 4 rings (SSSR count). The van der Waals surface area contributed by atoms with E-state index in [0.717, 1.165) is 38.1 Å². The van der Waals surface area contributed by atoms with Crippen LogP contribution >= 0.6 is 15.9 Å². The molecular formula is C21H18BrN3O2. The molecule has 27 heavy (non-hydrogen) atoms. The second-order valence-corrected chi connectivity index (χ2v) is 7.14. The maximum atomic E-state index is 11.4. The number of ether oxygens (including phenoxy) is 1. The largest absolute Gasteiger partial charge is 0.489 e. The summed E-state index contributed by atoms with van der Waals surface area (Å²) in [5, 5.41) is 3.39.